The topological polar surface area (TPSA) is 64.6 Å². The van der Waals surface area contributed by atoms with Gasteiger partial charge in [0.15, 0.2) is 0 Å². The van der Waals surface area contributed by atoms with Gasteiger partial charge in [-0.1, -0.05) is 39.5 Å². The van der Waals surface area contributed by atoms with Crippen LogP contribution in [0.5, 0.6) is 0 Å². The number of nitrogens with one attached hydrogen (secondary N) is 1. The van der Waals surface area contributed by atoms with E-state index in [1.807, 2.05) is 6.92 Å². The molecule has 0 heterocycles. The van der Waals surface area contributed by atoms with Gasteiger partial charge in [-0.3, -0.25) is 0 Å². The van der Waals surface area contributed by atoms with Crippen LogP contribution in [0.15, 0.2) is 0 Å². The van der Waals surface area contributed by atoms with Crippen molar-refractivity contribution < 1.29 is 19.1 Å². The molecule has 0 fully saturated rings. The van der Waals surface area contributed by atoms with E-state index in [2.05, 4.69) is 17.0 Å². The molecule has 0 rings (SSSR count). The lowest BCUT2D eigenvalue weighted by atomic mass is 10.1. The Morgan fingerprint density at radius 3 is 2.33 bits per heavy atom. The summed E-state index contributed by atoms with van der Waals surface area (Å²) in [4.78, 5) is 22.9. The molecule has 0 aromatic rings. The van der Waals surface area contributed by atoms with Gasteiger partial charge in [-0.25, -0.2) is 9.59 Å². The van der Waals surface area contributed by atoms with Crippen LogP contribution in [0.1, 0.15) is 52.4 Å². The van der Waals surface area contributed by atoms with Crippen molar-refractivity contribution in [2.24, 2.45) is 0 Å². The molecule has 0 aliphatic heterocycles. The first-order valence-electron chi connectivity index (χ1n) is 6.66. The van der Waals surface area contributed by atoms with Crippen molar-refractivity contribution >= 4 is 12.1 Å². The number of alkyl carbamates (subject to hydrolysis) is 1. The maximum atomic E-state index is 11.8. The second kappa shape index (κ2) is 10.9. The van der Waals surface area contributed by atoms with Gasteiger partial charge in [-0.05, 0) is 12.8 Å². The van der Waals surface area contributed by atoms with E-state index in [0.717, 1.165) is 32.1 Å². The summed E-state index contributed by atoms with van der Waals surface area (Å²) in [5, 5.41) is 2.51. The van der Waals surface area contributed by atoms with E-state index >= 15 is 0 Å². The number of rotatable bonds is 9. The number of hydrogen-bond acceptors (Lipinski definition) is 4. The summed E-state index contributed by atoms with van der Waals surface area (Å²) in [5.74, 6) is -0.370. The SMILES string of the molecule is CCCCCOC(=O)C(CCCC)NC(=O)OC. The zero-order valence-electron chi connectivity index (χ0n) is 11.7. The van der Waals surface area contributed by atoms with Gasteiger partial charge in [0, 0.05) is 0 Å². The first-order valence-corrected chi connectivity index (χ1v) is 6.66. The Bertz CT molecular complexity index is 243. The number of ether oxygens (including phenoxy) is 2. The third kappa shape index (κ3) is 7.92. The van der Waals surface area contributed by atoms with Crippen molar-refractivity contribution in [1.29, 1.82) is 0 Å². The quantitative estimate of drug-likeness (QED) is 0.510. The molecule has 0 saturated heterocycles. The van der Waals surface area contributed by atoms with Crippen LogP contribution in [0.25, 0.3) is 0 Å². The van der Waals surface area contributed by atoms with E-state index in [1.54, 1.807) is 0 Å². The van der Waals surface area contributed by atoms with Crippen LogP contribution in [0, 0.1) is 0 Å². The fourth-order valence-corrected chi connectivity index (χ4v) is 1.48. The molecule has 0 aromatic carbocycles. The Kier molecular flexibility index (Phi) is 10.1. The molecule has 1 amide bonds. The van der Waals surface area contributed by atoms with E-state index in [9.17, 15) is 9.59 Å². The molecule has 1 atom stereocenters. The Morgan fingerprint density at radius 1 is 1.11 bits per heavy atom. The summed E-state index contributed by atoms with van der Waals surface area (Å²) in [6.45, 7) is 4.53. The minimum absolute atomic E-state index is 0.370. The third-order valence-corrected chi connectivity index (χ3v) is 2.60. The summed E-state index contributed by atoms with van der Waals surface area (Å²) in [5.41, 5.74) is 0. The first-order chi connectivity index (χ1) is 8.65. The van der Waals surface area contributed by atoms with Crippen molar-refractivity contribution in [3.63, 3.8) is 0 Å². The highest BCUT2D eigenvalue weighted by atomic mass is 16.5. The minimum atomic E-state index is -0.598. The second-order valence-electron chi connectivity index (χ2n) is 4.21. The Morgan fingerprint density at radius 2 is 1.78 bits per heavy atom. The van der Waals surface area contributed by atoms with Crippen LogP contribution >= 0.6 is 0 Å². The Balaban J connectivity index is 4.09. The van der Waals surface area contributed by atoms with Gasteiger partial charge in [-0.2, -0.15) is 0 Å². The third-order valence-electron chi connectivity index (χ3n) is 2.60. The first kappa shape index (κ1) is 16.7. The second-order valence-corrected chi connectivity index (χ2v) is 4.21. The van der Waals surface area contributed by atoms with E-state index in [0.29, 0.717) is 13.0 Å². The fraction of sp³-hybridized carbons (Fsp3) is 0.846. The zero-order chi connectivity index (χ0) is 13.8. The summed E-state index contributed by atoms with van der Waals surface area (Å²) >= 11 is 0. The Labute approximate surface area is 109 Å². The van der Waals surface area contributed by atoms with Crippen molar-refractivity contribution in [1.82, 2.24) is 5.32 Å². The van der Waals surface area contributed by atoms with Crippen molar-refractivity contribution in [2.75, 3.05) is 13.7 Å². The molecule has 1 N–H and O–H groups in total. The number of methoxy groups -OCH3 is 1. The van der Waals surface area contributed by atoms with Crippen LogP contribution in [0.3, 0.4) is 0 Å². The molecule has 0 aromatic heterocycles. The van der Waals surface area contributed by atoms with Crippen molar-refractivity contribution in [2.45, 2.75) is 58.4 Å². The summed E-state index contributed by atoms with van der Waals surface area (Å²) in [7, 11) is 1.28. The van der Waals surface area contributed by atoms with E-state index < -0.39 is 12.1 Å². The highest BCUT2D eigenvalue weighted by Crippen LogP contribution is 2.04. The summed E-state index contributed by atoms with van der Waals surface area (Å²) in [6.07, 6.45) is 4.79. The smallest absolute Gasteiger partial charge is 0.407 e. The molecule has 0 aliphatic rings. The van der Waals surface area contributed by atoms with Gasteiger partial charge in [0.1, 0.15) is 6.04 Å². The van der Waals surface area contributed by atoms with Crippen LogP contribution in [-0.2, 0) is 14.3 Å². The van der Waals surface area contributed by atoms with Gasteiger partial charge in [0.25, 0.3) is 0 Å². The molecule has 0 radical (unpaired) electrons. The maximum Gasteiger partial charge on any atom is 0.407 e. The number of esters is 1. The molecular formula is C13H25NO4. The largest absolute Gasteiger partial charge is 0.464 e. The maximum absolute atomic E-state index is 11.8. The highest BCUT2D eigenvalue weighted by molar-refractivity contribution is 5.81. The standard InChI is InChI=1S/C13H25NO4/c1-4-6-8-10-18-12(15)11(9-7-5-2)14-13(16)17-3/h11H,4-10H2,1-3H3,(H,14,16). The van der Waals surface area contributed by atoms with E-state index in [-0.39, 0.29) is 5.97 Å². The van der Waals surface area contributed by atoms with Gasteiger partial charge in [-0.15, -0.1) is 0 Å². The molecule has 1 unspecified atom stereocenters. The molecule has 0 bridgehead atoms. The lowest BCUT2D eigenvalue weighted by molar-refractivity contribution is -0.146. The van der Waals surface area contributed by atoms with Gasteiger partial charge in [0.05, 0.1) is 13.7 Å². The number of hydrogen-bond donors (Lipinski definition) is 1. The lowest BCUT2D eigenvalue weighted by Crippen LogP contribution is -2.41. The number of carbonyl (C=O) groups excluding carboxylic acids is 2. The average Bonchev–Trinajstić information content (AvgIpc) is 2.38. The van der Waals surface area contributed by atoms with Crippen LogP contribution in [0.4, 0.5) is 4.79 Å². The minimum Gasteiger partial charge on any atom is -0.464 e. The van der Waals surface area contributed by atoms with E-state index in [4.69, 9.17) is 4.74 Å². The number of unbranched alkanes of at least 4 members (excludes halogenated alkanes) is 3. The molecule has 0 spiro atoms. The molecule has 0 saturated carbocycles. The molecule has 5 nitrogen and oxygen atoms in total. The molecule has 18 heavy (non-hydrogen) atoms. The van der Waals surface area contributed by atoms with Crippen LogP contribution in [-0.4, -0.2) is 31.8 Å². The number of amides is 1. The van der Waals surface area contributed by atoms with Crippen molar-refractivity contribution in [3.05, 3.63) is 0 Å². The van der Waals surface area contributed by atoms with Gasteiger partial charge >= 0.3 is 12.1 Å². The van der Waals surface area contributed by atoms with Crippen molar-refractivity contribution in [3.8, 4) is 0 Å². The monoisotopic (exact) mass is 259 g/mol. The predicted molar refractivity (Wildman–Crippen MR) is 69.3 cm³/mol. The van der Waals surface area contributed by atoms with Gasteiger partial charge < -0.3 is 14.8 Å². The summed E-state index contributed by atoms with van der Waals surface area (Å²) in [6, 6.07) is -0.598. The van der Waals surface area contributed by atoms with Crippen LogP contribution < -0.4 is 5.32 Å². The lowest BCUT2D eigenvalue weighted by Gasteiger charge is -2.16. The fourth-order valence-electron chi connectivity index (χ4n) is 1.48. The normalized spacial score (nSPS) is 11.7. The Hall–Kier alpha value is -1.26. The predicted octanol–water partition coefficient (Wildman–Crippen LogP) is 2.63. The highest BCUT2D eigenvalue weighted by Gasteiger charge is 2.21. The average molecular weight is 259 g/mol. The summed E-state index contributed by atoms with van der Waals surface area (Å²) < 4.78 is 9.64. The van der Waals surface area contributed by atoms with Gasteiger partial charge in [0.2, 0.25) is 0 Å². The number of carbonyl (C=O) groups is 2. The molecule has 5 heteroatoms. The van der Waals surface area contributed by atoms with E-state index in [1.165, 1.54) is 7.11 Å². The molecular weight excluding hydrogens is 234 g/mol. The zero-order valence-corrected chi connectivity index (χ0v) is 11.7. The molecule has 106 valence electrons. The molecule has 0 aliphatic carbocycles. The van der Waals surface area contributed by atoms with Crippen LogP contribution in [0.2, 0.25) is 0 Å².